The van der Waals surface area contributed by atoms with E-state index in [1.54, 1.807) is 12.1 Å². The summed E-state index contributed by atoms with van der Waals surface area (Å²) in [6.07, 6.45) is 1.19. The molecule has 0 radical (unpaired) electrons. The van der Waals surface area contributed by atoms with Gasteiger partial charge in [0, 0.05) is 6.04 Å². The van der Waals surface area contributed by atoms with Crippen molar-refractivity contribution >= 4 is 0 Å². The molecule has 1 atom stereocenters. The molecule has 0 spiro atoms. The molecule has 0 amide bonds. The molecule has 0 saturated carbocycles. The van der Waals surface area contributed by atoms with Crippen LogP contribution in [0.3, 0.4) is 0 Å². The lowest BCUT2D eigenvalue weighted by atomic mass is 10.0. The minimum absolute atomic E-state index is 0.104. The van der Waals surface area contributed by atoms with Gasteiger partial charge in [-0.1, -0.05) is 24.6 Å². The van der Waals surface area contributed by atoms with Crippen LogP contribution in [-0.4, -0.2) is 6.04 Å². The van der Waals surface area contributed by atoms with Gasteiger partial charge >= 0.3 is 0 Å². The van der Waals surface area contributed by atoms with Crippen molar-refractivity contribution in [2.45, 2.75) is 32.7 Å². The van der Waals surface area contributed by atoms with Crippen molar-refractivity contribution in [3.8, 4) is 11.5 Å². The molecule has 0 aromatic heterocycles. The molecule has 0 bridgehead atoms. The first-order valence-electron chi connectivity index (χ1n) is 6.97. The number of ether oxygens (including phenoxy) is 1. The second kappa shape index (κ2) is 6.68. The van der Waals surface area contributed by atoms with Crippen molar-refractivity contribution < 1.29 is 13.5 Å². The van der Waals surface area contributed by atoms with Crippen LogP contribution in [0.2, 0.25) is 0 Å². The van der Waals surface area contributed by atoms with Gasteiger partial charge in [0.1, 0.15) is 5.75 Å². The summed E-state index contributed by atoms with van der Waals surface area (Å²) < 4.78 is 33.3. The third kappa shape index (κ3) is 4.02. The van der Waals surface area contributed by atoms with Crippen LogP contribution >= 0.6 is 0 Å². The highest BCUT2D eigenvalue weighted by molar-refractivity contribution is 5.37. The van der Waals surface area contributed by atoms with Crippen molar-refractivity contribution in [3.05, 3.63) is 59.2 Å². The van der Waals surface area contributed by atoms with E-state index in [-0.39, 0.29) is 11.8 Å². The summed E-state index contributed by atoms with van der Waals surface area (Å²) in [5.74, 6) is -1.41. The maximum absolute atomic E-state index is 14.0. The maximum atomic E-state index is 14.0. The second-order valence-corrected chi connectivity index (χ2v) is 5.18. The minimum atomic E-state index is -0.714. The van der Waals surface area contributed by atoms with E-state index >= 15 is 0 Å². The molecule has 0 aliphatic carbocycles. The van der Waals surface area contributed by atoms with E-state index in [1.165, 1.54) is 12.1 Å². The van der Waals surface area contributed by atoms with Gasteiger partial charge in [-0.2, -0.15) is 0 Å². The van der Waals surface area contributed by atoms with Crippen LogP contribution in [0, 0.1) is 18.6 Å². The summed E-state index contributed by atoms with van der Waals surface area (Å²) in [5.41, 5.74) is 7.39. The Morgan fingerprint density at radius 1 is 1.10 bits per heavy atom. The lowest BCUT2D eigenvalue weighted by molar-refractivity contribution is 0.406. The zero-order chi connectivity index (χ0) is 15.4. The van der Waals surface area contributed by atoms with Crippen molar-refractivity contribution in [1.29, 1.82) is 0 Å². The molecule has 0 heterocycles. The Bertz CT molecular complexity index is 588. The second-order valence-electron chi connectivity index (χ2n) is 5.18. The number of aryl methyl sites for hydroxylation is 1. The lowest BCUT2D eigenvalue weighted by Gasteiger charge is -2.12. The molecule has 112 valence electrons. The molecular weight excluding hydrogens is 272 g/mol. The summed E-state index contributed by atoms with van der Waals surface area (Å²) in [6.45, 7) is 3.86. The third-order valence-electron chi connectivity index (χ3n) is 3.32. The van der Waals surface area contributed by atoms with Gasteiger partial charge in [0.15, 0.2) is 17.4 Å². The highest BCUT2D eigenvalue weighted by Gasteiger charge is 2.14. The van der Waals surface area contributed by atoms with E-state index in [0.717, 1.165) is 12.0 Å². The molecule has 21 heavy (non-hydrogen) atoms. The van der Waals surface area contributed by atoms with Crippen LogP contribution < -0.4 is 10.5 Å². The Balaban J connectivity index is 2.22. The standard InChI is InChI=1S/C17H19F2NO/c1-3-13(20)8-12-9-15(18)17(16(19)10-12)21-14-6-4-11(2)5-7-14/h4-7,9-10,13H,3,8,20H2,1-2H3. The predicted octanol–water partition coefficient (Wildman–Crippen LogP) is 4.35. The molecule has 1 unspecified atom stereocenters. The smallest absolute Gasteiger partial charge is 0.198 e. The molecule has 2 rings (SSSR count). The molecule has 0 saturated heterocycles. The molecule has 2 aromatic rings. The van der Waals surface area contributed by atoms with E-state index in [1.807, 2.05) is 26.0 Å². The summed E-state index contributed by atoms with van der Waals surface area (Å²) >= 11 is 0. The van der Waals surface area contributed by atoms with Crippen LogP contribution in [0.25, 0.3) is 0 Å². The molecule has 4 heteroatoms. The Kier molecular flexibility index (Phi) is 4.91. The summed E-state index contributed by atoms with van der Waals surface area (Å²) in [4.78, 5) is 0. The summed E-state index contributed by atoms with van der Waals surface area (Å²) in [5, 5.41) is 0. The van der Waals surface area contributed by atoms with E-state index in [4.69, 9.17) is 10.5 Å². The predicted molar refractivity (Wildman–Crippen MR) is 79.6 cm³/mol. The molecule has 2 N–H and O–H groups in total. The number of hydrogen-bond acceptors (Lipinski definition) is 2. The average Bonchev–Trinajstić information content (AvgIpc) is 2.44. The fourth-order valence-electron chi connectivity index (χ4n) is 2.00. The van der Waals surface area contributed by atoms with Crippen molar-refractivity contribution in [3.63, 3.8) is 0 Å². The Morgan fingerprint density at radius 2 is 1.67 bits per heavy atom. The van der Waals surface area contributed by atoms with E-state index in [9.17, 15) is 8.78 Å². The Hall–Kier alpha value is -1.94. The number of halogens is 2. The molecule has 0 aliphatic rings. The van der Waals surface area contributed by atoms with Gasteiger partial charge in [-0.25, -0.2) is 8.78 Å². The first-order chi connectivity index (χ1) is 9.99. The zero-order valence-electron chi connectivity index (χ0n) is 12.2. The minimum Gasteiger partial charge on any atom is -0.451 e. The van der Waals surface area contributed by atoms with Gasteiger partial charge in [0.05, 0.1) is 0 Å². The lowest BCUT2D eigenvalue weighted by Crippen LogP contribution is -2.21. The molecular formula is C17H19F2NO. The maximum Gasteiger partial charge on any atom is 0.198 e. The first-order valence-corrected chi connectivity index (χ1v) is 6.97. The average molecular weight is 291 g/mol. The van der Waals surface area contributed by atoms with Crippen LogP contribution in [0.1, 0.15) is 24.5 Å². The van der Waals surface area contributed by atoms with Crippen molar-refractivity contribution in [2.24, 2.45) is 5.73 Å². The topological polar surface area (TPSA) is 35.2 Å². The normalized spacial score (nSPS) is 12.2. The van der Waals surface area contributed by atoms with Crippen LogP contribution in [-0.2, 0) is 6.42 Å². The Morgan fingerprint density at radius 3 is 2.19 bits per heavy atom. The highest BCUT2D eigenvalue weighted by Crippen LogP contribution is 2.29. The molecule has 0 fully saturated rings. The quantitative estimate of drug-likeness (QED) is 0.889. The van der Waals surface area contributed by atoms with E-state index in [0.29, 0.717) is 17.7 Å². The van der Waals surface area contributed by atoms with Crippen molar-refractivity contribution in [1.82, 2.24) is 0 Å². The van der Waals surface area contributed by atoms with Gasteiger partial charge in [-0.15, -0.1) is 0 Å². The fraction of sp³-hybridized carbons (Fsp3) is 0.294. The van der Waals surface area contributed by atoms with Gasteiger partial charge in [-0.05, 0) is 49.6 Å². The number of hydrogen-bond donors (Lipinski definition) is 1. The molecule has 0 aliphatic heterocycles. The van der Waals surface area contributed by atoms with E-state index < -0.39 is 11.6 Å². The fourth-order valence-corrected chi connectivity index (χ4v) is 2.00. The highest BCUT2D eigenvalue weighted by atomic mass is 19.1. The van der Waals surface area contributed by atoms with Gasteiger partial charge in [-0.3, -0.25) is 0 Å². The summed E-state index contributed by atoms with van der Waals surface area (Å²) in [7, 11) is 0. The van der Waals surface area contributed by atoms with Gasteiger partial charge < -0.3 is 10.5 Å². The third-order valence-corrected chi connectivity index (χ3v) is 3.32. The number of rotatable bonds is 5. The van der Waals surface area contributed by atoms with Crippen LogP contribution in [0.4, 0.5) is 8.78 Å². The number of benzene rings is 2. The van der Waals surface area contributed by atoms with Gasteiger partial charge in [0.2, 0.25) is 0 Å². The largest absolute Gasteiger partial charge is 0.451 e. The number of nitrogens with two attached hydrogens (primary N) is 1. The molecule has 2 aromatic carbocycles. The van der Waals surface area contributed by atoms with Crippen molar-refractivity contribution in [2.75, 3.05) is 0 Å². The van der Waals surface area contributed by atoms with E-state index in [2.05, 4.69) is 0 Å². The zero-order valence-corrected chi connectivity index (χ0v) is 12.2. The van der Waals surface area contributed by atoms with Crippen LogP contribution in [0.15, 0.2) is 36.4 Å². The first kappa shape index (κ1) is 15.4. The Labute approximate surface area is 123 Å². The van der Waals surface area contributed by atoms with Crippen LogP contribution in [0.5, 0.6) is 11.5 Å². The molecule has 2 nitrogen and oxygen atoms in total. The monoisotopic (exact) mass is 291 g/mol. The SMILES string of the molecule is CCC(N)Cc1cc(F)c(Oc2ccc(C)cc2)c(F)c1. The van der Waals surface area contributed by atoms with Gasteiger partial charge in [0.25, 0.3) is 0 Å². The summed E-state index contributed by atoms with van der Waals surface area (Å²) in [6, 6.07) is 9.45.